The molecule has 0 heterocycles. The number of hydrogen-bond donors (Lipinski definition) is 2. The second kappa shape index (κ2) is 6.88. The molecule has 0 saturated heterocycles. The monoisotopic (exact) mass is 319 g/mol. The van der Waals surface area contributed by atoms with Crippen LogP contribution in [-0.4, -0.2) is 30.0 Å². The van der Waals surface area contributed by atoms with Crippen molar-refractivity contribution < 1.29 is 14.6 Å². The van der Waals surface area contributed by atoms with Crippen molar-refractivity contribution in [2.45, 2.75) is 11.8 Å². The molecule has 0 spiro atoms. The highest BCUT2D eigenvalue weighted by molar-refractivity contribution is 9.10. The highest BCUT2D eigenvalue weighted by Gasteiger charge is 2.12. The molecule has 1 rings (SSSR count). The zero-order valence-electron chi connectivity index (χ0n) is 9.35. The van der Waals surface area contributed by atoms with E-state index in [-0.39, 0.29) is 0 Å². The Balaban J connectivity index is 2.56. The maximum Gasteiger partial charge on any atom is 0.321 e. The Kier molecular flexibility index (Phi) is 5.80. The van der Waals surface area contributed by atoms with Gasteiger partial charge in [0.1, 0.15) is 11.8 Å². The van der Waals surface area contributed by atoms with E-state index in [4.69, 9.17) is 15.6 Å². The Morgan fingerprint density at radius 1 is 1.65 bits per heavy atom. The third kappa shape index (κ3) is 4.57. The van der Waals surface area contributed by atoms with E-state index < -0.39 is 12.0 Å². The van der Waals surface area contributed by atoms with Gasteiger partial charge in [0.2, 0.25) is 0 Å². The van der Waals surface area contributed by atoms with Crippen LogP contribution in [0.5, 0.6) is 5.75 Å². The van der Waals surface area contributed by atoms with E-state index in [1.165, 1.54) is 11.8 Å². The number of benzene rings is 1. The number of halogens is 1. The Labute approximate surface area is 113 Å². The first-order valence-electron chi connectivity index (χ1n) is 4.93. The SMILES string of the molecule is COc1ccc(Br)cc1CSC[C@H](N)C(=O)O. The van der Waals surface area contributed by atoms with Gasteiger partial charge in [0.25, 0.3) is 0 Å². The molecular formula is C11H14BrNO3S. The summed E-state index contributed by atoms with van der Waals surface area (Å²) in [6, 6.07) is 4.91. The average Bonchev–Trinajstić information content (AvgIpc) is 2.29. The summed E-state index contributed by atoms with van der Waals surface area (Å²) < 4.78 is 6.19. The lowest BCUT2D eigenvalue weighted by molar-refractivity contribution is -0.137. The number of carboxylic acid groups (broad SMARTS) is 1. The smallest absolute Gasteiger partial charge is 0.321 e. The molecule has 1 aromatic rings. The van der Waals surface area contributed by atoms with Gasteiger partial charge in [0.05, 0.1) is 7.11 Å². The Morgan fingerprint density at radius 2 is 2.35 bits per heavy atom. The van der Waals surface area contributed by atoms with Crippen molar-refractivity contribution in [3.05, 3.63) is 28.2 Å². The number of thioether (sulfide) groups is 1. The van der Waals surface area contributed by atoms with E-state index in [2.05, 4.69) is 15.9 Å². The van der Waals surface area contributed by atoms with Crippen LogP contribution in [0.2, 0.25) is 0 Å². The van der Waals surface area contributed by atoms with E-state index in [1.54, 1.807) is 7.11 Å². The first kappa shape index (κ1) is 14.3. The van der Waals surface area contributed by atoms with E-state index in [9.17, 15) is 4.79 Å². The topological polar surface area (TPSA) is 72.5 Å². The summed E-state index contributed by atoms with van der Waals surface area (Å²) >= 11 is 4.86. The molecule has 0 unspecified atom stereocenters. The molecule has 94 valence electrons. The van der Waals surface area contributed by atoms with Gasteiger partial charge in [-0.05, 0) is 18.2 Å². The minimum Gasteiger partial charge on any atom is -0.496 e. The largest absolute Gasteiger partial charge is 0.496 e. The number of aliphatic carboxylic acids is 1. The summed E-state index contributed by atoms with van der Waals surface area (Å²) in [6.45, 7) is 0. The Morgan fingerprint density at radius 3 is 2.94 bits per heavy atom. The van der Waals surface area contributed by atoms with Crippen molar-refractivity contribution in [3.63, 3.8) is 0 Å². The van der Waals surface area contributed by atoms with Gasteiger partial charge in [0, 0.05) is 21.5 Å². The van der Waals surface area contributed by atoms with Crippen molar-refractivity contribution in [2.75, 3.05) is 12.9 Å². The minimum atomic E-state index is -0.973. The van der Waals surface area contributed by atoms with Crippen molar-refractivity contribution in [1.82, 2.24) is 0 Å². The summed E-state index contributed by atoms with van der Waals surface area (Å²) in [7, 11) is 1.61. The summed E-state index contributed by atoms with van der Waals surface area (Å²) in [5.41, 5.74) is 6.44. The maximum absolute atomic E-state index is 10.5. The van der Waals surface area contributed by atoms with Crippen molar-refractivity contribution in [3.8, 4) is 5.75 Å². The van der Waals surface area contributed by atoms with Crippen LogP contribution in [0, 0.1) is 0 Å². The lowest BCUT2D eigenvalue weighted by atomic mass is 10.2. The molecule has 0 aromatic heterocycles. The van der Waals surface area contributed by atoms with Gasteiger partial charge in [-0.3, -0.25) is 4.79 Å². The molecule has 0 amide bonds. The van der Waals surface area contributed by atoms with Gasteiger partial charge in [-0.2, -0.15) is 11.8 Å². The molecule has 4 nitrogen and oxygen atoms in total. The van der Waals surface area contributed by atoms with Crippen molar-refractivity contribution >= 4 is 33.7 Å². The summed E-state index contributed by atoms with van der Waals surface area (Å²) in [5.74, 6) is 0.873. The van der Waals surface area contributed by atoms with Crippen LogP contribution in [0.1, 0.15) is 5.56 Å². The Bertz CT molecular complexity index is 400. The molecule has 0 fully saturated rings. The molecule has 6 heteroatoms. The molecule has 0 aliphatic carbocycles. The molecule has 0 aliphatic heterocycles. The lowest BCUT2D eigenvalue weighted by Gasteiger charge is -2.10. The van der Waals surface area contributed by atoms with Crippen LogP contribution in [0.25, 0.3) is 0 Å². The molecule has 0 aliphatic rings. The van der Waals surface area contributed by atoms with Crippen LogP contribution < -0.4 is 10.5 Å². The highest BCUT2D eigenvalue weighted by Crippen LogP contribution is 2.26. The second-order valence-corrected chi connectivity index (χ2v) is 5.36. The quantitative estimate of drug-likeness (QED) is 0.840. The van der Waals surface area contributed by atoms with Crippen LogP contribution in [0.3, 0.4) is 0 Å². The van der Waals surface area contributed by atoms with Gasteiger partial charge in [-0.15, -0.1) is 0 Å². The minimum absolute atomic E-state index is 0.380. The van der Waals surface area contributed by atoms with Crippen LogP contribution in [-0.2, 0) is 10.5 Å². The third-order valence-electron chi connectivity index (χ3n) is 2.11. The van der Waals surface area contributed by atoms with Crippen molar-refractivity contribution in [2.24, 2.45) is 5.73 Å². The summed E-state index contributed by atoms with van der Waals surface area (Å²) in [5, 5.41) is 8.65. The molecule has 3 N–H and O–H groups in total. The number of carbonyl (C=O) groups is 1. The number of carboxylic acids is 1. The predicted octanol–water partition coefficient (Wildman–Crippen LogP) is 2.10. The van der Waals surface area contributed by atoms with Gasteiger partial charge < -0.3 is 15.6 Å². The van der Waals surface area contributed by atoms with E-state index in [0.717, 1.165) is 15.8 Å². The number of hydrogen-bond acceptors (Lipinski definition) is 4. The van der Waals surface area contributed by atoms with E-state index in [0.29, 0.717) is 11.5 Å². The maximum atomic E-state index is 10.5. The number of nitrogens with two attached hydrogens (primary N) is 1. The molecule has 1 aromatic carbocycles. The van der Waals surface area contributed by atoms with Crippen molar-refractivity contribution in [1.29, 1.82) is 0 Å². The van der Waals surface area contributed by atoms with E-state index in [1.807, 2.05) is 18.2 Å². The first-order chi connectivity index (χ1) is 8.04. The fraction of sp³-hybridized carbons (Fsp3) is 0.364. The number of ether oxygens (including phenoxy) is 1. The second-order valence-electron chi connectivity index (χ2n) is 3.42. The van der Waals surface area contributed by atoms with Gasteiger partial charge in [-0.25, -0.2) is 0 Å². The fourth-order valence-electron chi connectivity index (χ4n) is 1.23. The highest BCUT2D eigenvalue weighted by atomic mass is 79.9. The van der Waals surface area contributed by atoms with Crippen LogP contribution in [0.15, 0.2) is 22.7 Å². The zero-order chi connectivity index (χ0) is 12.8. The van der Waals surface area contributed by atoms with Crippen LogP contribution >= 0.6 is 27.7 Å². The summed E-state index contributed by atoms with van der Waals surface area (Å²) in [6.07, 6.45) is 0. The number of methoxy groups -OCH3 is 1. The zero-order valence-corrected chi connectivity index (χ0v) is 11.8. The predicted molar refractivity (Wildman–Crippen MR) is 72.5 cm³/mol. The summed E-state index contributed by atoms with van der Waals surface area (Å²) in [4.78, 5) is 10.5. The molecule has 0 radical (unpaired) electrons. The standard InChI is InChI=1S/C11H14BrNO3S/c1-16-10-3-2-8(12)4-7(10)5-17-6-9(13)11(14)15/h2-4,9H,5-6,13H2,1H3,(H,14,15)/t9-/m0/s1. The Hall–Kier alpha value is -0.720. The van der Waals surface area contributed by atoms with E-state index >= 15 is 0 Å². The average molecular weight is 320 g/mol. The molecule has 0 bridgehead atoms. The lowest BCUT2D eigenvalue weighted by Crippen LogP contribution is -2.32. The first-order valence-corrected chi connectivity index (χ1v) is 6.88. The van der Waals surface area contributed by atoms with Gasteiger partial charge >= 0.3 is 5.97 Å². The van der Waals surface area contributed by atoms with Crippen LogP contribution in [0.4, 0.5) is 0 Å². The molecular weight excluding hydrogens is 306 g/mol. The number of rotatable bonds is 6. The third-order valence-corrected chi connectivity index (χ3v) is 3.72. The normalized spacial score (nSPS) is 12.2. The molecule has 0 saturated carbocycles. The molecule has 1 atom stereocenters. The molecule has 17 heavy (non-hydrogen) atoms. The van der Waals surface area contributed by atoms with Gasteiger partial charge in [-0.1, -0.05) is 15.9 Å². The fourth-order valence-corrected chi connectivity index (χ4v) is 2.60. The van der Waals surface area contributed by atoms with Gasteiger partial charge in [0.15, 0.2) is 0 Å².